The molecule has 3 N–H and O–H groups in total. The molecule has 2 amide bonds. The van der Waals surface area contributed by atoms with E-state index in [-0.39, 0.29) is 28.0 Å². The molecular formula is C38H41N3O8S. The Balaban J connectivity index is 1.35. The van der Waals surface area contributed by atoms with Gasteiger partial charge in [-0.2, -0.15) is 0 Å². The number of hydrogen-bond donors (Lipinski definition) is 3. The molecule has 0 bridgehead atoms. The minimum absolute atomic E-state index is 0.0494. The van der Waals surface area contributed by atoms with Gasteiger partial charge in [-0.05, 0) is 87.1 Å². The van der Waals surface area contributed by atoms with Crippen molar-refractivity contribution in [1.82, 2.24) is 9.71 Å². The molecule has 3 aromatic carbocycles. The lowest BCUT2D eigenvalue weighted by Gasteiger charge is -2.21. The second-order valence-corrected chi connectivity index (χ2v) is 14.1. The van der Waals surface area contributed by atoms with Gasteiger partial charge in [-0.3, -0.25) is 14.9 Å². The van der Waals surface area contributed by atoms with E-state index in [2.05, 4.69) is 26.9 Å². The van der Waals surface area contributed by atoms with Gasteiger partial charge < -0.3 is 19.2 Å². The number of anilines is 1. The zero-order valence-corrected chi connectivity index (χ0v) is 29.5. The lowest BCUT2D eigenvalue weighted by atomic mass is 9.91. The molecular weight excluding hydrogens is 658 g/mol. The van der Waals surface area contributed by atoms with Crippen LogP contribution in [0.2, 0.25) is 0 Å². The molecule has 262 valence electrons. The van der Waals surface area contributed by atoms with Gasteiger partial charge in [0.05, 0.1) is 7.11 Å². The molecule has 1 aliphatic rings. The van der Waals surface area contributed by atoms with E-state index < -0.39 is 33.6 Å². The zero-order chi connectivity index (χ0) is 36.1. The highest BCUT2D eigenvalue weighted by atomic mass is 32.2. The van der Waals surface area contributed by atoms with Gasteiger partial charge in [0.1, 0.15) is 16.7 Å². The summed E-state index contributed by atoms with van der Waals surface area (Å²) in [7, 11) is -2.88. The third kappa shape index (κ3) is 8.29. The summed E-state index contributed by atoms with van der Waals surface area (Å²) < 4.78 is 45.6. The number of fused-ring (bicyclic) bond motifs is 1. The van der Waals surface area contributed by atoms with E-state index in [0.29, 0.717) is 17.9 Å². The number of nitrogens with one attached hydrogen (secondary N) is 3. The standard InChI is InChI=1S/C38H41N3O8S/c1-6-38(4,49-25(3)42)20-19-26-11-7-10-14-35(26)50(45,46)41-36(43)27-15-17-30(34(21-27)47-5)24(2)32-23-39-33-18-16-28(22-31(32)33)40-37(44)48-29-12-8-9-13-29/h7,10-11,14-18,21-24,29,39H,6,8-9,12-13H2,1-5H3,(H,40,44)(H,41,43). The van der Waals surface area contributed by atoms with E-state index >= 15 is 0 Å². The van der Waals surface area contributed by atoms with Crippen molar-refractivity contribution in [2.45, 2.75) is 82.3 Å². The number of amides is 2. The van der Waals surface area contributed by atoms with Crippen molar-refractivity contribution in [2.24, 2.45) is 0 Å². The maximum Gasteiger partial charge on any atom is 0.411 e. The Morgan fingerprint density at radius 3 is 2.48 bits per heavy atom. The van der Waals surface area contributed by atoms with Crippen LogP contribution in [-0.4, -0.2) is 50.2 Å². The predicted molar refractivity (Wildman–Crippen MR) is 190 cm³/mol. The molecule has 50 heavy (non-hydrogen) atoms. The van der Waals surface area contributed by atoms with E-state index in [1.807, 2.05) is 25.3 Å². The monoisotopic (exact) mass is 699 g/mol. The number of esters is 1. The number of rotatable bonds is 10. The number of sulfonamides is 1. The predicted octanol–water partition coefficient (Wildman–Crippen LogP) is 7.02. The summed E-state index contributed by atoms with van der Waals surface area (Å²) in [6.07, 6.45) is 5.63. The number of aromatic amines is 1. The van der Waals surface area contributed by atoms with E-state index in [0.717, 1.165) is 47.7 Å². The van der Waals surface area contributed by atoms with Crippen LogP contribution in [0.3, 0.4) is 0 Å². The van der Waals surface area contributed by atoms with Crippen molar-refractivity contribution in [3.63, 3.8) is 0 Å². The molecule has 1 saturated carbocycles. The van der Waals surface area contributed by atoms with E-state index in [4.69, 9.17) is 14.2 Å². The zero-order valence-electron chi connectivity index (χ0n) is 28.7. The van der Waals surface area contributed by atoms with Crippen molar-refractivity contribution < 1.29 is 37.0 Å². The molecule has 4 aromatic rings. The quantitative estimate of drug-likeness (QED) is 0.118. The van der Waals surface area contributed by atoms with Crippen LogP contribution in [0.25, 0.3) is 10.9 Å². The van der Waals surface area contributed by atoms with E-state index in [9.17, 15) is 22.8 Å². The highest BCUT2D eigenvalue weighted by molar-refractivity contribution is 7.90. The third-order valence-electron chi connectivity index (χ3n) is 8.87. The van der Waals surface area contributed by atoms with Crippen molar-refractivity contribution in [3.8, 4) is 17.6 Å². The normalized spacial score (nSPS) is 14.9. The maximum atomic E-state index is 13.4. The van der Waals surface area contributed by atoms with Crippen LogP contribution in [-0.2, 0) is 24.3 Å². The molecule has 1 fully saturated rings. The molecule has 11 nitrogen and oxygen atoms in total. The lowest BCUT2D eigenvalue weighted by Crippen LogP contribution is -2.31. The number of aromatic nitrogens is 1. The summed E-state index contributed by atoms with van der Waals surface area (Å²) in [6.45, 7) is 6.70. The smallest absolute Gasteiger partial charge is 0.411 e. The fraction of sp³-hybridized carbons (Fsp3) is 0.342. The van der Waals surface area contributed by atoms with E-state index in [1.165, 1.54) is 44.4 Å². The summed E-state index contributed by atoms with van der Waals surface area (Å²) in [5.74, 6) is 4.49. The molecule has 0 spiro atoms. The van der Waals surface area contributed by atoms with Crippen LogP contribution in [0.1, 0.15) is 92.8 Å². The molecule has 2 unspecified atom stereocenters. The van der Waals surface area contributed by atoms with Crippen LogP contribution in [0, 0.1) is 11.8 Å². The number of carbonyl (C=O) groups is 3. The molecule has 0 aliphatic heterocycles. The first-order valence-corrected chi connectivity index (χ1v) is 18.0. The molecule has 2 atom stereocenters. The Labute approximate surface area is 292 Å². The molecule has 1 aromatic heterocycles. The summed E-state index contributed by atoms with van der Waals surface area (Å²) in [5.41, 5.74) is 2.27. The Bertz CT molecular complexity index is 2090. The van der Waals surface area contributed by atoms with Crippen molar-refractivity contribution in [2.75, 3.05) is 12.4 Å². The van der Waals surface area contributed by atoms with Gasteiger partial charge in [0.15, 0.2) is 5.60 Å². The lowest BCUT2D eigenvalue weighted by molar-refractivity contribution is -0.150. The molecule has 0 radical (unpaired) electrons. The topological polar surface area (TPSA) is 153 Å². The minimum Gasteiger partial charge on any atom is -0.496 e. The number of hydrogen-bond acceptors (Lipinski definition) is 8. The average molecular weight is 700 g/mol. The highest BCUT2D eigenvalue weighted by Crippen LogP contribution is 2.37. The number of ether oxygens (including phenoxy) is 3. The van der Waals surface area contributed by atoms with Crippen molar-refractivity contribution in [3.05, 3.63) is 89.1 Å². The fourth-order valence-electron chi connectivity index (χ4n) is 6.00. The van der Waals surface area contributed by atoms with Crippen molar-refractivity contribution in [1.29, 1.82) is 0 Å². The first kappa shape index (κ1) is 36.0. The van der Waals surface area contributed by atoms with Gasteiger partial charge in [-0.1, -0.05) is 43.9 Å². The van der Waals surface area contributed by atoms with Crippen LogP contribution >= 0.6 is 0 Å². The van der Waals surface area contributed by atoms with Gasteiger partial charge in [0, 0.05) is 52.3 Å². The number of H-pyrrole nitrogens is 1. The Morgan fingerprint density at radius 1 is 1.04 bits per heavy atom. The fourth-order valence-corrected chi connectivity index (χ4v) is 7.14. The number of methoxy groups -OCH3 is 1. The summed E-state index contributed by atoms with van der Waals surface area (Å²) in [4.78, 5) is 40.5. The van der Waals surface area contributed by atoms with Gasteiger partial charge in [0.2, 0.25) is 0 Å². The van der Waals surface area contributed by atoms with Crippen LogP contribution in [0.4, 0.5) is 10.5 Å². The second kappa shape index (κ2) is 15.1. The average Bonchev–Trinajstić information content (AvgIpc) is 3.76. The maximum absolute atomic E-state index is 13.4. The Morgan fingerprint density at radius 2 is 1.78 bits per heavy atom. The van der Waals surface area contributed by atoms with Gasteiger partial charge >= 0.3 is 12.1 Å². The molecule has 5 rings (SSSR count). The van der Waals surface area contributed by atoms with Crippen LogP contribution < -0.4 is 14.8 Å². The van der Waals surface area contributed by atoms with Gasteiger partial charge in [-0.25, -0.2) is 17.9 Å². The number of carbonyl (C=O) groups excluding carboxylic acids is 3. The summed E-state index contributed by atoms with van der Waals surface area (Å²) in [6, 6.07) is 16.4. The Hall–Kier alpha value is -5.28. The summed E-state index contributed by atoms with van der Waals surface area (Å²) in [5, 5.41) is 3.73. The first-order chi connectivity index (χ1) is 23.8. The van der Waals surface area contributed by atoms with Gasteiger partial charge in [-0.15, -0.1) is 0 Å². The SMILES string of the molecule is CCC(C)(C#Cc1ccccc1S(=O)(=O)NC(=O)c1ccc(C(C)c2c[nH]c3ccc(NC(=O)OC4CCCC4)cc23)c(OC)c1)OC(C)=O. The molecule has 12 heteroatoms. The third-order valence-corrected chi connectivity index (χ3v) is 10.3. The molecule has 1 heterocycles. The summed E-state index contributed by atoms with van der Waals surface area (Å²) >= 11 is 0. The highest BCUT2D eigenvalue weighted by Gasteiger charge is 2.26. The second-order valence-electron chi connectivity index (χ2n) is 12.5. The molecule has 0 saturated heterocycles. The minimum atomic E-state index is -4.35. The first-order valence-electron chi connectivity index (χ1n) is 16.5. The van der Waals surface area contributed by atoms with E-state index in [1.54, 1.807) is 32.0 Å². The molecule has 1 aliphatic carbocycles. The van der Waals surface area contributed by atoms with Gasteiger partial charge in [0.25, 0.3) is 15.9 Å². The van der Waals surface area contributed by atoms with Crippen molar-refractivity contribution >= 4 is 44.6 Å². The number of benzene rings is 3. The van der Waals surface area contributed by atoms with Crippen LogP contribution in [0.5, 0.6) is 5.75 Å². The van der Waals surface area contributed by atoms with Crippen LogP contribution in [0.15, 0.2) is 71.8 Å². The Kier molecular flexibility index (Phi) is 10.9. The largest absolute Gasteiger partial charge is 0.496 e.